The molecule has 13 heteroatoms. The summed E-state index contributed by atoms with van der Waals surface area (Å²) in [6.07, 6.45) is -3.91. The second-order valence-corrected chi connectivity index (χ2v) is 7.81. The molecule has 0 fully saturated rings. The van der Waals surface area contributed by atoms with Gasteiger partial charge in [0.1, 0.15) is 24.5 Å². The van der Waals surface area contributed by atoms with E-state index < -0.39 is 17.7 Å². The van der Waals surface area contributed by atoms with E-state index in [4.69, 9.17) is 27.9 Å². The molecule has 4 rings (SSSR count). The van der Waals surface area contributed by atoms with Crippen LogP contribution in [0, 0.1) is 0 Å². The number of hydrogen-bond donors (Lipinski definition) is 1. The number of alkyl halides is 3. The molecule has 0 radical (unpaired) electrons. The van der Waals surface area contributed by atoms with Gasteiger partial charge in [0.25, 0.3) is 5.56 Å². The van der Waals surface area contributed by atoms with Crippen molar-refractivity contribution < 1.29 is 27.5 Å². The molecule has 8 nitrogen and oxygen atoms in total. The Morgan fingerprint density at radius 1 is 1.00 bits per heavy atom. The number of ether oxygens (including phenoxy) is 1. The molecule has 1 N–H and O–H groups in total. The van der Waals surface area contributed by atoms with E-state index >= 15 is 0 Å². The number of anilines is 2. The zero-order chi connectivity index (χ0) is 25.2. The van der Waals surface area contributed by atoms with Gasteiger partial charge in [-0.1, -0.05) is 23.2 Å². The Hall–Kier alpha value is -3.83. The third-order valence-electron chi connectivity index (χ3n) is 4.53. The Morgan fingerprint density at radius 3 is 2.54 bits per heavy atom. The number of rotatable bonds is 6. The Morgan fingerprint density at radius 2 is 1.80 bits per heavy atom. The number of benzene rings is 2. The fourth-order valence-electron chi connectivity index (χ4n) is 2.94. The number of nitrogens with one attached hydrogen (secondary N) is 1. The number of pyridine rings is 1. The average Bonchev–Trinajstić information content (AvgIpc) is 2.81. The van der Waals surface area contributed by atoms with Crippen LogP contribution in [-0.2, 0) is 11.4 Å². The molecule has 0 amide bonds. The number of hydrogen-bond acceptors (Lipinski definition) is 7. The summed E-state index contributed by atoms with van der Waals surface area (Å²) in [7, 11) is 0. The van der Waals surface area contributed by atoms with Crippen LogP contribution in [0.4, 0.5) is 24.7 Å². The molecule has 0 atom stereocenters. The highest BCUT2D eigenvalue weighted by Gasteiger charge is 2.42. The van der Waals surface area contributed by atoms with Crippen molar-refractivity contribution in [2.45, 2.75) is 12.8 Å². The van der Waals surface area contributed by atoms with E-state index in [9.17, 15) is 22.8 Å². The molecule has 0 spiro atoms. The van der Waals surface area contributed by atoms with E-state index in [-0.39, 0.29) is 16.9 Å². The van der Waals surface area contributed by atoms with Gasteiger partial charge in [-0.05, 0) is 42.5 Å². The van der Waals surface area contributed by atoms with Gasteiger partial charge in [-0.25, -0.2) is 14.8 Å². The summed E-state index contributed by atoms with van der Waals surface area (Å²) in [4.78, 5) is 35.6. The van der Waals surface area contributed by atoms with Crippen molar-refractivity contribution in [2.24, 2.45) is 0 Å². The molecule has 0 saturated carbocycles. The van der Waals surface area contributed by atoms with Gasteiger partial charge in [0.2, 0.25) is 0 Å². The maximum atomic E-state index is 12.5. The lowest BCUT2D eigenvalue weighted by molar-refractivity contribution is -0.199. The smallest absolute Gasteiger partial charge is 0.487 e. The number of halogens is 5. The molecule has 180 valence electrons. The lowest BCUT2D eigenvalue weighted by atomic mass is 10.2. The minimum absolute atomic E-state index is 0.0345. The Balaban J connectivity index is 1.49. The summed E-state index contributed by atoms with van der Waals surface area (Å²) < 4.78 is 43.6. The molecule has 0 aliphatic rings. The molecule has 35 heavy (non-hydrogen) atoms. The summed E-state index contributed by atoms with van der Waals surface area (Å²) in [5.41, 5.74) is 0.202. The maximum Gasteiger partial charge on any atom is 0.493 e. The molecular formula is C22H13Cl2F3N4O4. The Kier molecular flexibility index (Phi) is 6.81. The number of aromatic nitrogens is 3. The maximum absolute atomic E-state index is 12.5. The largest absolute Gasteiger partial charge is 0.493 e. The number of carbonyl (C=O) groups is 1. The van der Waals surface area contributed by atoms with Gasteiger partial charge >= 0.3 is 12.1 Å². The SMILES string of the molecule is O=C(On1c(=O)ccc2cc(OCc3cc(Nc4ccc(Cl)c(Cl)c4)ncn3)ccc21)C(F)(F)F. The summed E-state index contributed by atoms with van der Waals surface area (Å²) >= 11 is 11.9. The Bertz CT molecular complexity index is 1480. The van der Waals surface area contributed by atoms with Crippen LogP contribution < -0.4 is 20.5 Å². The van der Waals surface area contributed by atoms with Gasteiger partial charge in [0.15, 0.2) is 0 Å². The third-order valence-corrected chi connectivity index (χ3v) is 5.27. The molecule has 4 aromatic rings. The van der Waals surface area contributed by atoms with Crippen LogP contribution >= 0.6 is 23.2 Å². The van der Waals surface area contributed by atoms with Gasteiger partial charge in [-0.2, -0.15) is 13.2 Å². The van der Waals surface area contributed by atoms with Gasteiger partial charge in [-0.3, -0.25) is 4.79 Å². The first kappa shape index (κ1) is 24.3. The normalized spacial score (nSPS) is 11.3. The van der Waals surface area contributed by atoms with Gasteiger partial charge in [-0.15, -0.1) is 4.73 Å². The van der Waals surface area contributed by atoms with E-state index in [0.29, 0.717) is 38.4 Å². The van der Waals surface area contributed by atoms with E-state index in [0.717, 1.165) is 6.07 Å². The number of fused-ring (bicyclic) bond motifs is 1. The van der Waals surface area contributed by atoms with Crippen LogP contribution in [0.3, 0.4) is 0 Å². The zero-order valence-corrected chi connectivity index (χ0v) is 18.9. The van der Waals surface area contributed by atoms with Crippen molar-refractivity contribution in [1.82, 2.24) is 14.7 Å². The van der Waals surface area contributed by atoms with E-state index in [1.807, 2.05) is 0 Å². The van der Waals surface area contributed by atoms with Crippen LogP contribution in [0.5, 0.6) is 5.75 Å². The molecule has 0 unspecified atom stereocenters. The molecule has 2 aromatic heterocycles. The highest BCUT2D eigenvalue weighted by molar-refractivity contribution is 6.42. The predicted molar refractivity (Wildman–Crippen MR) is 122 cm³/mol. The highest BCUT2D eigenvalue weighted by atomic mass is 35.5. The number of carbonyl (C=O) groups excluding carboxylic acids is 1. The third kappa shape index (κ3) is 5.81. The molecule has 2 heterocycles. The zero-order valence-electron chi connectivity index (χ0n) is 17.3. The van der Waals surface area contributed by atoms with Crippen LogP contribution in [0.15, 0.2) is 65.7 Å². The van der Waals surface area contributed by atoms with Crippen LogP contribution in [0.25, 0.3) is 10.9 Å². The quantitative estimate of drug-likeness (QED) is 0.381. The Labute approximate surface area is 204 Å². The molecule has 0 aliphatic carbocycles. The van der Waals surface area contributed by atoms with Crippen molar-refractivity contribution in [3.8, 4) is 5.75 Å². The van der Waals surface area contributed by atoms with Crippen molar-refractivity contribution in [3.05, 3.63) is 87.0 Å². The minimum Gasteiger partial charge on any atom is -0.487 e. The monoisotopic (exact) mass is 524 g/mol. The van der Waals surface area contributed by atoms with Gasteiger partial charge in [0, 0.05) is 23.2 Å². The van der Waals surface area contributed by atoms with E-state index in [1.54, 1.807) is 24.3 Å². The fraction of sp³-hybridized carbons (Fsp3) is 0.0909. The fourth-order valence-corrected chi connectivity index (χ4v) is 3.24. The first-order chi connectivity index (χ1) is 16.6. The molecule has 0 aliphatic heterocycles. The molecule has 2 aromatic carbocycles. The van der Waals surface area contributed by atoms with E-state index in [1.165, 1.54) is 30.6 Å². The van der Waals surface area contributed by atoms with Crippen LogP contribution in [-0.4, -0.2) is 26.8 Å². The summed E-state index contributed by atoms with van der Waals surface area (Å²) in [5.74, 6) is -1.70. The standard InChI is InChI=1S/C22H13Cl2F3N4O4/c23-16-4-2-13(8-17(16)24)30-19-9-14(28-11-29-19)10-34-15-3-5-18-12(7-15)1-6-20(32)31(18)35-21(33)22(25,26)27/h1-9,11H,10H2,(H,28,29,30). The highest BCUT2D eigenvalue weighted by Crippen LogP contribution is 2.27. The summed E-state index contributed by atoms with van der Waals surface area (Å²) in [6.45, 7) is 0.0345. The first-order valence-corrected chi connectivity index (χ1v) is 10.5. The summed E-state index contributed by atoms with van der Waals surface area (Å²) in [6, 6.07) is 13.2. The van der Waals surface area contributed by atoms with Crippen molar-refractivity contribution in [3.63, 3.8) is 0 Å². The van der Waals surface area contributed by atoms with Gasteiger partial charge < -0.3 is 14.9 Å². The van der Waals surface area contributed by atoms with Crippen LogP contribution in [0.1, 0.15) is 5.69 Å². The average molecular weight is 525 g/mol. The molecular weight excluding hydrogens is 512 g/mol. The molecule has 0 bridgehead atoms. The second-order valence-electron chi connectivity index (χ2n) is 7.00. The predicted octanol–water partition coefficient (Wildman–Crippen LogP) is 4.94. The lowest BCUT2D eigenvalue weighted by Gasteiger charge is -2.12. The first-order valence-electron chi connectivity index (χ1n) is 9.71. The van der Waals surface area contributed by atoms with Crippen molar-refractivity contribution >= 4 is 51.6 Å². The summed E-state index contributed by atoms with van der Waals surface area (Å²) in [5, 5.41) is 4.17. The lowest BCUT2D eigenvalue weighted by Crippen LogP contribution is -2.38. The van der Waals surface area contributed by atoms with Gasteiger partial charge in [0.05, 0.1) is 21.3 Å². The van der Waals surface area contributed by atoms with Crippen molar-refractivity contribution in [2.75, 3.05) is 5.32 Å². The number of nitrogens with zero attached hydrogens (tertiary/aromatic N) is 3. The molecule has 0 saturated heterocycles. The second kappa shape index (κ2) is 9.80. The van der Waals surface area contributed by atoms with Crippen molar-refractivity contribution in [1.29, 1.82) is 0 Å². The van der Waals surface area contributed by atoms with E-state index in [2.05, 4.69) is 20.1 Å². The minimum atomic E-state index is -5.25. The van der Waals surface area contributed by atoms with Crippen LogP contribution in [0.2, 0.25) is 10.0 Å². The topological polar surface area (TPSA) is 95.3 Å².